The molecule has 1 N–H and O–H groups in total. The molecule has 1 aliphatic rings. The van der Waals surface area contributed by atoms with E-state index in [-0.39, 0.29) is 12.2 Å². The van der Waals surface area contributed by atoms with Gasteiger partial charge in [0.15, 0.2) is 0 Å². The van der Waals surface area contributed by atoms with Crippen LogP contribution in [0.5, 0.6) is 0 Å². The van der Waals surface area contributed by atoms with Crippen LogP contribution in [0.4, 0.5) is 0 Å². The van der Waals surface area contributed by atoms with Gasteiger partial charge in [-0.2, -0.15) is 0 Å². The van der Waals surface area contributed by atoms with Gasteiger partial charge in [-0.05, 0) is 18.6 Å². The van der Waals surface area contributed by atoms with Crippen LogP contribution in [0.1, 0.15) is 12.5 Å². The molecule has 0 aliphatic carbocycles. The number of aromatic nitrogens is 1. The fourth-order valence-corrected chi connectivity index (χ4v) is 1.97. The van der Waals surface area contributed by atoms with E-state index >= 15 is 0 Å². The van der Waals surface area contributed by atoms with E-state index in [9.17, 15) is 0 Å². The zero-order valence-corrected chi connectivity index (χ0v) is 10.6. The quantitative estimate of drug-likeness (QED) is 0.889. The molecule has 1 fully saturated rings. The standard InChI is InChI=1S/C12H17ClN2O2/c1-9-4-15-5-11(17-9)8-16-7-10-2-3-14-6-12(10)13/h2-3,6,9,11,15H,4-5,7-8H2,1H3. The fraction of sp³-hybridized carbons (Fsp3) is 0.583. The summed E-state index contributed by atoms with van der Waals surface area (Å²) in [6.45, 7) is 4.88. The van der Waals surface area contributed by atoms with Gasteiger partial charge in [0.1, 0.15) is 0 Å². The van der Waals surface area contributed by atoms with E-state index in [1.54, 1.807) is 12.4 Å². The Kier molecular flexibility index (Phi) is 4.74. The van der Waals surface area contributed by atoms with Crippen LogP contribution in [-0.2, 0) is 16.1 Å². The number of hydrogen-bond acceptors (Lipinski definition) is 4. The Labute approximate surface area is 106 Å². The molecule has 1 saturated heterocycles. The van der Waals surface area contributed by atoms with Crippen molar-refractivity contribution in [2.24, 2.45) is 0 Å². The topological polar surface area (TPSA) is 43.4 Å². The van der Waals surface area contributed by atoms with E-state index in [0.717, 1.165) is 18.7 Å². The number of hydrogen-bond donors (Lipinski definition) is 1. The Hall–Kier alpha value is -0.680. The number of rotatable bonds is 4. The Balaban J connectivity index is 1.74. The van der Waals surface area contributed by atoms with Crippen LogP contribution in [-0.4, -0.2) is 36.9 Å². The molecule has 1 aromatic heterocycles. The third-order valence-corrected chi connectivity index (χ3v) is 2.99. The second kappa shape index (κ2) is 6.31. The van der Waals surface area contributed by atoms with Crippen molar-refractivity contribution in [3.05, 3.63) is 29.0 Å². The summed E-state index contributed by atoms with van der Waals surface area (Å²) < 4.78 is 11.3. The Bertz CT molecular complexity index is 362. The minimum Gasteiger partial charge on any atom is -0.374 e. The third kappa shape index (κ3) is 3.92. The summed E-state index contributed by atoms with van der Waals surface area (Å²) in [4.78, 5) is 3.93. The first-order chi connectivity index (χ1) is 8.25. The van der Waals surface area contributed by atoms with Crippen molar-refractivity contribution < 1.29 is 9.47 Å². The summed E-state index contributed by atoms with van der Waals surface area (Å²) in [5, 5.41) is 3.95. The van der Waals surface area contributed by atoms with Gasteiger partial charge < -0.3 is 14.8 Å². The average Bonchev–Trinajstić information content (AvgIpc) is 2.32. The second-order valence-electron chi connectivity index (χ2n) is 4.21. The van der Waals surface area contributed by atoms with E-state index in [1.807, 2.05) is 6.07 Å². The van der Waals surface area contributed by atoms with Gasteiger partial charge in [-0.3, -0.25) is 4.98 Å². The lowest BCUT2D eigenvalue weighted by Crippen LogP contribution is -2.45. The van der Waals surface area contributed by atoms with E-state index in [1.165, 1.54) is 0 Å². The van der Waals surface area contributed by atoms with Crippen LogP contribution in [0.2, 0.25) is 5.02 Å². The van der Waals surface area contributed by atoms with Gasteiger partial charge in [0, 0.05) is 25.5 Å². The van der Waals surface area contributed by atoms with Gasteiger partial charge in [-0.1, -0.05) is 11.6 Å². The van der Waals surface area contributed by atoms with Crippen molar-refractivity contribution in [1.82, 2.24) is 10.3 Å². The zero-order valence-electron chi connectivity index (χ0n) is 9.86. The SMILES string of the molecule is CC1CNCC(COCc2ccncc2Cl)O1. The lowest BCUT2D eigenvalue weighted by molar-refractivity contribution is -0.0716. The molecule has 0 amide bonds. The maximum Gasteiger partial charge on any atom is 0.0936 e. The van der Waals surface area contributed by atoms with Gasteiger partial charge in [-0.15, -0.1) is 0 Å². The second-order valence-corrected chi connectivity index (χ2v) is 4.62. The number of morpholine rings is 1. The highest BCUT2D eigenvalue weighted by molar-refractivity contribution is 6.31. The molecular weight excluding hydrogens is 240 g/mol. The summed E-state index contributed by atoms with van der Waals surface area (Å²) in [5.74, 6) is 0. The van der Waals surface area contributed by atoms with E-state index in [4.69, 9.17) is 21.1 Å². The van der Waals surface area contributed by atoms with Crippen molar-refractivity contribution in [3.63, 3.8) is 0 Å². The van der Waals surface area contributed by atoms with Gasteiger partial charge in [-0.25, -0.2) is 0 Å². The smallest absolute Gasteiger partial charge is 0.0936 e. The summed E-state index contributed by atoms with van der Waals surface area (Å²) in [6.07, 6.45) is 3.72. The van der Waals surface area contributed by atoms with Gasteiger partial charge in [0.2, 0.25) is 0 Å². The van der Waals surface area contributed by atoms with E-state index in [0.29, 0.717) is 18.2 Å². The summed E-state index contributed by atoms with van der Waals surface area (Å²) in [5.41, 5.74) is 0.957. The molecule has 1 aliphatic heterocycles. The molecule has 4 nitrogen and oxygen atoms in total. The largest absolute Gasteiger partial charge is 0.374 e. The number of ether oxygens (including phenoxy) is 2. The van der Waals surface area contributed by atoms with Crippen molar-refractivity contribution in [2.75, 3.05) is 19.7 Å². The molecule has 0 bridgehead atoms. The first-order valence-corrected chi connectivity index (χ1v) is 6.16. The first kappa shape index (κ1) is 12.8. The lowest BCUT2D eigenvalue weighted by atomic mass is 10.2. The molecule has 0 aromatic carbocycles. The van der Waals surface area contributed by atoms with Gasteiger partial charge >= 0.3 is 0 Å². The van der Waals surface area contributed by atoms with Gasteiger partial charge in [0.05, 0.1) is 30.4 Å². The molecule has 17 heavy (non-hydrogen) atoms. The van der Waals surface area contributed by atoms with Crippen LogP contribution < -0.4 is 5.32 Å². The third-order valence-electron chi connectivity index (χ3n) is 2.65. The highest BCUT2D eigenvalue weighted by atomic mass is 35.5. The molecule has 0 radical (unpaired) electrons. The molecule has 0 spiro atoms. The number of halogens is 1. The van der Waals surface area contributed by atoms with Crippen molar-refractivity contribution >= 4 is 11.6 Å². The van der Waals surface area contributed by atoms with Gasteiger partial charge in [0.25, 0.3) is 0 Å². The lowest BCUT2D eigenvalue weighted by Gasteiger charge is -2.28. The first-order valence-electron chi connectivity index (χ1n) is 5.78. The summed E-state index contributed by atoms with van der Waals surface area (Å²) in [7, 11) is 0. The molecule has 2 unspecified atom stereocenters. The van der Waals surface area contributed by atoms with E-state index < -0.39 is 0 Å². The highest BCUT2D eigenvalue weighted by Gasteiger charge is 2.18. The van der Waals surface area contributed by atoms with Crippen LogP contribution in [0.3, 0.4) is 0 Å². The molecule has 94 valence electrons. The number of nitrogens with one attached hydrogen (secondary N) is 1. The Morgan fingerprint density at radius 3 is 3.24 bits per heavy atom. The molecule has 2 rings (SSSR count). The predicted molar refractivity (Wildman–Crippen MR) is 66.1 cm³/mol. The van der Waals surface area contributed by atoms with Crippen LogP contribution in [0.25, 0.3) is 0 Å². The Morgan fingerprint density at radius 2 is 2.47 bits per heavy atom. The minimum atomic E-state index is 0.124. The van der Waals surface area contributed by atoms with E-state index in [2.05, 4.69) is 17.2 Å². The molecule has 5 heteroatoms. The van der Waals surface area contributed by atoms with Crippen molar-refractivity contribution in [3.8, 4) is 0 Å². The summed E-state index contributed by atoms with van der Waals surface area (Å²) in [6, 6.07) is 1.87. The number of pyridine rings is 1. The minimum absolute atomic E-state index is 0.124. The zero-order chi connectivity index (χ0) is 12.1. The fourth-order valence-electron chi connectivity index (χ4n) is 1.79. The molecule has 0 saturated carbocycles. The molecule has 2 atom stereocenters. The molecular formula is C12H17ClN2O2. The van der Waals surface area contributed by atoms with Crippen molar-refractivity contribution in [1.29, 1.82) is 0 Å². The maximum atomic E-state index is 5.98. The van der Waals surface area contributed by atoms with Crippen LogP contribution >= 0.6 is 11.6 Å². The molecule has 2 heterocycles. The maximum absolute atomic E-state index is 5.98. The normalized spacial score (nSPS) is 24.8. The predicted octanol–water partition coefficient (Wildman–Crippen LogP) is 1.63. The van der Waals surface area contributed by atoms with Crippen LogP contribution in [0.15, 0.2) is 18.5 Å². The summed E-state index contributed by atoms with van der Waals surface area (Å²) >= 11 is 5.98. The van der Waals surface area contributed by atoms with Crippen LogP contribution in [0, 0.1) is 0 Å². The number of nitrogens with zero attached hydrogens (tertiary/aromatic N) is 1. The average molecular weight is 257 g/mol. The molecule has 1 aromatic rings. The Morgan fingerprint density at radius 1 is 1.59 bits per heavy atom. The highest BCUT2D eigenvalue weighted by Crippen LogP contribution is 2.14. The van der Waals surface area contributed by atoms with Crippen molar-refractivity contribution in [2.45, 2.75) is 25.7 Å². The monoisotopic (exact) mass is 256 g/mol.